The SMILES string of the molecule is CN(C)CCCN(C)C(=O)N1CCCC1. The maximum absolute atomic E-state index is 11.9. The molecule has 0 atom stereocenters. The maximum atomic E-state index is 11.9. The smallest absolute Gasteiger partial charge is 0.319 e. The molecule has 1 rings (SSSR count). The van der Waals surface area contributed by atoms with E-state index in [4.69, 9.17) is 0 Å². The number of hydrogen-bond acceptors (Lipinski definition) is 2. The molecule has 1 heterocycles. The van der Waals surface area contributed by atoms with Crippen molar-refractivity contribution in [1.29, 1.82) is 0 Å². The summed E-state index contributed by atoms with van der Waals surface area (Å²) in [6.45, 7) is 3.78. The minimum Gasteiger partial charge on any atom is -0.328 e. The quantitative estimate of drug-likeness (QED) is 0.699. The van der Waals surface area contributed by atoms with Crippen LogP contribution in [0.3, 0.4) is 0 Å². The highest BCUT2D eigenvalue weighted by Gasteiger charge is 2.20. The molecule has 1 fully saturated rings. The lowest BCUT2D eigenvalue weighted by atomic mass is 10.4. The Morgan fingerprint density at radius 3 is 2.27 bits per heavy atom. The van der Waals surface area contributed by atoms with E-state index in [9.17, 15) is 4.79 Å². The summed E-state index contributed by atoms with van der Waals surface area (Å²) in [6.07, 6.45) is 3.37. The fourth-order valence-electron chi connectivity index (χ4n) is 1.87. The van der Waals surface area contributed by atoms with Crippen molar-refractivity contribution < 1.29 is 4.79 Å². The second-order valence-corrected chi connectivity index (χ2v) is 4.56. The van der Waals surface area contributed by atoms with Gasteiger partial charge in [-0.05, 0) is 39.9 Å². The first-order valence-corrected chi connectivity index (χ1v) is 5.76. The third-order valence-corrected chi connectivity index (χ3v) is 2.80. The molecule has 0 aromatic carbocycles. The average molecular weight is 213 g/mol. The second-order valence-electron chi connectivity index (χ2n) is 4.56. The van der Waals surface area contributed by atoms with E-state index in [-0.39, 0.29) is 6.03 Å². The summed E-state index contributed by atoms with van der Waals surface area (Å²) in [5, 5.41) is 0. The predicted molar refractivity (Wildman–Crippen MR) is 62.0 cm³/mol. The van der Waals surface area contributed by atoms with Crippen molar-refractivity contribution in [3.63, 3.8) is 0 Å². The number of hydrogen-bond donors (Lipinski definition) is 0. The van der Waals surface area contributed by atoms with Gasteiger partial charge in [0.05, 0.1) is 0 Å². The zero-order valence-electron chi connectivity index (χ0n) is 10.2. The maximum Gasteiger partial charge on any atom is 0.319 e. The summed E-state index contributed by atoms with van der Waals surface area (Å²) < 4.78 is 0. The molecule has 88 valence electrons. The van der Waals surface area contributed by atoms with Gasteiger partial charge in [-0.1, -0.05) is 0 Å². The topological polar surface area (TPSA) is 26.8 Å². The minimum absolute atomic E-state index is 0.200. The van der Waals surface area contributed by atoms with Gasteiger partial charge in [0.25, 0.3) is 0 Å². The summed E-state index contributed by atoms with van der Waals surface area (Å²) in [5.74, 6) is 0. The molecule has 0 aliphatic carbocycles. The standard InChI is InChI=1S/C11H23N3O/c1-12(2)7-6-8-13(3)11(15)14-9-4-5-10-14/h4-10H2,1-3H3. The summed E-state index contributed by atoms with van der Waals surface area (Å²) in [5.41, 5.74) is 0. The van der Waals surface area contributed by atoms with Crippen LogP contribution in [0.4, 0.5) is 4.79 Å². The Morgan fingerprint density at radius 2 is 1.73 bits per heavy atom. The summed E-state index contributed by atoms with van der Waals surface area (Å²) in [4.78, 5) is 17.8. The largest absolute Gasteiger partial charge is 0.328 e. The van der Waals surface area contributed by atoms with E-state index in [1.165, 1.54) is 0 Å². The number of rotatable bonds is 4. The fraction of sp³-hybridized carbons (Fsp3) is 0.909. The Hall–Kier alpha value is -0.770. The predicted octanol–water partition coefficient (Wildman–Crippen LogP) is 1.09. The molecule has 4 heteroatoms. The highest BCUT2D eigenvalue weighted by molar-refractivity contribution is 5.74. The van der Waals surface area contributed by atoms with Crippen LogP contribution in [0.5, 0.6) is 0 Å². The summed E-state index contributed by atoms with van der Waals surface area (Å²) in [7, 11) is 6.01. The van der Waals surface area contributed by atoms with Gasteiger partial charge in [0, 0.05) is 26.7 Å². The van der Waals surface area contributed by atoms with Crippen LogP contribution in [-0.2, 0) is 0 Å². The van der Waals surface area contributed by atoms with Crippen LogP contribution in [-0.4, -0.2) is 68.1 Å². The molecule has 1 saturated heterocycles. The van der Waals surface area contributed by atoms with Crippen LogP contribution in [0.1, 0.15) is 19.3 Å². The molecule has 2 amide bonds. The molecule has 0 unspecified atom stereocenters. The molecular weight excluding hydrogens is 190 g/mol. The first-order chi connectivity index (χ1) is 7.11. The highest BCUT2D eigenvalue weighted by Crippen LogP contribution is 2.09. The number of likely N-dealkylation sites (tertiary alicyclic amines) is 1. The van der Waals surface area contributed by atoms with Gasteiger partial charge < -0.3 is 14.7 Å². The average Bonchev–Trinajstić information content (AvgIpc) is 2.68. The van der Waals surface area contributed by atoms with Crippen LogP contribution in [0.15, 0.2) is 0 Å². The van der Waals surface area contributed by atoms with Crippen molar-refractivity contribution in [3.8, 4) is 0 Å². The number of carbonyl (C=O) groups excluding carboxylic acids is 1. The lowest BCUT2D eigenvalue weighted by Gasteiger charge is -2.24. The minimum atomic E-state index is 0.200. The molecule has 1 aliphatic heterocycles. The first-order valence-electron chi connectivity index (χ1n) is 5.76. The summed E-state index contributed by atoms with van der Waals surface area (Å²) >= 11 is 0. The van der Waals surface area contributed by atoms with Crippen LogP contribution >= 0.6 is 0 Å². The Balaban J connectivity index is 2.20. The molecule has 4 nitrogen and oxygen atoms in total. The molecule has 0 bridgehead atoms. The molecule has 0 saturated carbocycles. The Labute approximate surface area is 92.8 Å². The molecule has 0 aromatic heterocycles. The number of nitrogens with zero attached hydrogens (tertiary/aromatic N) is 3. The van der Waals surface area contributed by atoms with Crippen molar-refractivity contribution in [2.75, 3.05) is 47.3 Å². The molecule has 0 spiro atoms. The van der Waals surface area contributed by atoms with Crippen molar-refractivity contribution in [2.24, 2.45) is 0 Å². The van der Waals surface area contributed by atoms with Crippen molar-refractivity contribution in [3.05, 3.63) is 0 Å². The van der Waals surface area contributed by atoms with Gasteiger partial charge in [0.15, 0.2) is 0 Å². The lowest BCUT2D eigenvalue weighted by Crippen LogP contribution is -2.40. The van der Waals surface area contributed by atoms with E-state index < -0.39 is 0 Å². The normalized spacial score (nSPS) is 16.1. The van der Waals surface area contributed by atoms with Gasteiger partial charge in [0.2, 0.25) is 0 Å². The third kappa shape index (κ3) is 4.08. The second kappa shape index (κ2) is 5.95. The Bertz CT molecular complexity index is 200. The first kappa shape index (κ1) is 12.3. The van der Waals surface area contributed by atoms with Crippen LogP contribution in [0.25, 0.3) is 0 Å². The van der Waals surface area contributed by atoms with E-state index in [0.717, 1.165) is 45.4 Å². The molecule has 0 radical (unpaired) electrons. The van der Waals surface area contributed by atoms with Gasteiger partial charge in [0.1, 0.15) is 0 Å². The van der Waals surface area contributed by atoms with Gasteiger partial charge in [-0.2, -0.15) is 0 Å². The zero-order valence-corrected chi connectivity index (χ0v) is 10.2. The van der Waals surface area contributed by atoms with Gasteiger partial charge in [-0.3, -0.25) is 0 Å². The number of amides is 2. The number of carbonyl (C=O) groups is 1. The van der Waals surface area contributed by atoms with E-state index in [2.05, 4.69) is 19.0 Å². The van der Waals surface area contributed by atoms with Gasteiger partial charge in [-0.25, -0.2) is 4.79 Å². The molecule has 0 N–H and O–H groups in total. The van der Waals surface area contributed by atoms with E-state index in [1.54, 1.807) is 0 Å². The Kier molecular flexibility index (Phi) is 4.88. The van der Waals surface area contributed by atoms with Crippen LogP contribution in [0.2, 0.25) is 0 Å². The van der Waals surface area contributed by atoms with Gasteiger partial charge >= 0.3 is 6.03 Å². The fourth-order valence-corrected chi connectivity index (χ4v) is 1.87. The van der Waals surface area contributed by atoms with Crippen molar-refractivity contribution in [2.45, 2.75) is 19.3 Å². The molecule has 0 aromatic rings. The van der Waals surface area contributed by atoms with Crippen molar-refractivity contribution in [1.82, 2.24) is 14.7 Å². The summed E-state index contributed by atoms with van der Waals surface area (Å²) in [6, 6.07) is 0.200. The van der Waals surface area contributed by atoms with E-state index in [0.29, 0.717) is 0 Å². The van der Waals surface area contributed by atoms with Gasteiger partial charge in [-0.15, -0.1) is 0 Å². The van der Waals surface area contributed by atoms with E-state index in [1.807, 2.05) is 16.8 Å². The lowest BCUT2D eigenvalue weighted by molar-refractivity contribution is 0.171. The monoisotopic (exact) mass is 213 g/mol. The van der Waals surface area contributed by atoms with E-state index >= 15 is 0 Å². The van der Waals surface area contributed by atoms with Crippen molar-refractivity contribution >= 4 is 6.03 Å². The molecule has 1 aliphatic rings. The molecular formula is C11H23N3O. The third-order valence-electron chi connectivity index (χ3n) is 2.80. The highest BCUT2D eigenvalue weighted by atomic mass is 16.2. The van der Waals surface area contributed by atoms with Crippen LogP contribution < -0.4 is 0 Å². The van der Waals surface area contributed by atoms with Crippen LogP contribution in [0, 0.1) is 0 Å². The Morgan fingerprint density at radius 1 is 1.13 bits per heavy atom. The number of urea groups is 1. The molecule has 15 heavy (non-hydrogen) atoms. The zero-order chi connectivity index (χ0) is 11.3.